The number of hydrogen-bond acceptors (Lipinski definition) is 21. The van der Waals surface area contributed by atoms with Crippen molar-refractivity contribution >= 4 is 87.1 Å². The Kier molecular flexibility index (Phi) is 29.6. The molecular formula is C104H116F8N30O6. The fourth-order valence-corrected chi connectivity index (χ4v) is 19.2. The molecule has 5 amide bonds. The van der Waals surface area contributed by atoms with Gasteiger partial charge in [-0.15, -0.1) is 0 Å². The molecule has 2 atom stereocenters. The van der Waals surface area contributed by atoms with Gasteiger partial charge in [-0.05, 0) is 94.9 Å². The van der Waals surface area contributed by atoms with Crippen LogP contribution in [0, 0.1) is 5.92 Å². The van der Waals surface area contributed by atoms with Gasteiger partial charge in [0.15, 0.2) is 29.1 Å². The minimum atomic E-state index is -4.37. The number of aromatic nitrogens is 20. The Morgan fingerprint density at radius 2 is 0.635 bits per heavy atom. The summed E-state index contributed by atoms with van der Waals surface area (Å²) in [6.07, 6.45) is 13.2. The first kappa shape index (κ1) is 102. The lowest BCUT2D eigenvalue weighted by Gasteiger charge is -2.27. The van der Waals surface area contributed by atoms with Crippen molar-refractivity contribution in [3.05, 3.63) is 240 Å². The van der Waals surface area contributed by atoms with E-state index in [0.29, 0.717) is 106 Å². The number of carbonyl (C=O) groups excluding carboxylic acids is 5. The zero-order valence-corrected chi connectivity index (χ0v) is 83.9. The van der Waals surface area contributed by atoms with E-state index in [-0.39, 0.29) is 61.6 Å². The lowest BCUT2D eigenvalue weighted by Crippen LogP contribution is -2.35. The Hall–Kier alpha value is -16.1. The Bertz CT molecular complexity index is 7290. The van der Waals surface area contributed by atoms with Gasteiger partial charge in [0.05, 0.1) is 89.3 Å². The van der Waals surface area contributed by atoms with Crippen molar-refractivity contribution in [2.75, 3.05) is 72.5 Å². The summed E-state index contributed by atoms with van der Waals surface area (Å²) in [5.74, 6) is -0.126. The van der Waals surface area contributed by atoms with Crippen LogP contribution in [-0.2, 0) is 155 Å². The van der Waals surface area contributed by atoms with Crippen LogP contribution in [0.25, 0.3) is 55.6 Å². The van der Waals surface area contributed by atoms with Gasteiger partial charge >= 0.3 is 12.4 Å². The van der Waals surface area contributed by atoms with E-state index < -0.39 is 37.2 Å². The number of anilines is 10. The summed E-state index contributed by atoms with van der Waals surface area (Å²) in [6, 6.07) is 39.8. The van der Waals surface area contributed by atoms with Crippen LogP contribution in [0.15, 0.2) is 183 Å². The van der Waals surface area contributed by atoms with Gasteiger partial charge < -0.3 is 55.8 Å². The van der Waals surface area contributed by atoms with Crippen molar-refractivity contribution in [3.8, 4) is 55.6 Å². The lowest BCUT2D eigenvalue weighted by atomic mass is 10.1. The lowest BCUT2D eigenvalue weighted by molar-refractivity contribution is -0.143. The number of amides is 5. The molecule has 1 saturated carbocycles. The van der Waals surface area contributed by atoms with E-state index in [2.05, 4.69) is 114 Å². The van der Waals surface area contributed by atoms with Gasteiger partial charge in [-0.2, -0.15) is 77.3 Å². The molecule has 44 heteroatoms. The number of hydrogen-bond donors (Lipinski definition) is 5. The number of nitrogens with zero attached hydrogens (tertiary/aromatic N) is 25. The zero-order valence-electron chi connectivity index (χ0n) is 83.9. The molecule has 1 aliphatic carbocycles. The zero-order chi connectivity index (χ0) is 104. The van der Waals surface area contributed by atoms with Crippen molar-refractivity contribution in [3.63, 3.8) is 0 Å². The maximum absolute atomic E-state index is 13.5. The number of benzene rings is 5. The van der Waals surface area contributed by atoms with E-state index in [1.165, 1.54) is 29.9 Å². The molecule has 36 nitrogen and oxygen atoms in total. The molecule has 2 fully saturated rings. The molecule has 0 spiro atoms. The largest absolute Gasteiger partial charge is 0.408 e. The summed E-state index contributed by atoms with van der Waals surface area (Å²) in [6.45, 7) is 13.1. The van der Waals surface area contributed by atoms with E-state index in [4.69, 9.17) is 9.84 Å². The van der Waals surface area contributed by atoms with Crippen molar-refractivity contribution in [2.24, 2.45) is 48.2 Å². The summed E-state index contributed by atoms with van der Waals surface area (Å²) in [5.41, 5.74) is 23.8. The van der Waals surface area contributed by atoms with Crippen molar-refractivity contribution in [1.82, 2.24) is 122 Å². The average Bonchev–Trinajstić information content (AvgIpc) is 1.61. The molecule has 6 aliphatic heterocycles. The van der Waals surface area contributed by atoms with E-state index in [1.54, 1.807) is 76.0 Å². The Morgan fingerprint density at radius 3 is 0.926 bits per heavy atom. The molecule has 10 aromatic heterocycles. The maximum atomic E-state index is 13.5. The molecule has 0 radical (unpaired) electrons. The Labute approximate surface area is 847 Å². The van der Waals surface area contributed by atoms with Gasteiger partial charge in [-0.3, -0.25) is 70.8 Å². The summed E-state index contributed by atoms with van der Waals surface area (Å²) >= 11 is 0. The van der Waals surface area contributed by atoms with Gasteiger partial charge in [-0.1, -0.05) is 60.7 Å². The predicted molar refractivity (Wildman–Crippen MR) is 540 cm³/mol. The van der Waals surface area contributed by atoms with Crippen LogP contribution in [0.4, 0.5) is 92.6 Å². The number of aryl methyl sites for hydroxylation is 7. The highest BCUT2D eigenvalue weighted by Crippen LogP contribution is 2.50. The van der Waals surface area contributed by atoms with Gasteiger partial charge in [0.1, 0.15) is 6.54 Å². The van der Waals surface area contributed by atoms with Gasteiger partial charge in [-0.25, -0.2) is 8.78 Å². The SMILES string of the molecule is CC(=O)N1CCc2c(c(Nc3ccc(-c4cnn(C)c4)cc3)nn2C)C1.CC(=O)N1CCc2c(c(Nc3ccc(-c4cnn(C)c4)cc3)nn2C2CCOC2)C1.CC(=O)N1CCc2c(c(Nc3ccc(-c4cnn(C)c4)cc3)nn2CC(F)(F)F)C1.CC(=O)N1CCc2c(c(Nc3ccc(-c4cnn(C)c4)cc3)nn2CC2CC2(F)F)C1.CC(=O)N1CCc2c(c(Nc3ccc(-c4cnn(C)c4)cc3)nn2CCC(F)(F)F)C1. The van der Waals surface area contributed by atoms with Crippen LogP contribution >= 0.6 is 0 Å². The predicted octanol–water partition coefficient (Wildman–Crippen LogP) is 16.3. The second-order valence-electron chi connectivity index (χ2n) is 38.1. The number of carbonyl (C=O) groups is 5. The van der Waals surface area contributed by atoms with E-state index in [0.717, 1.165) is 167 Å². The second-order valence-corrected chi connectivity index (χ2v) is 38.1. The van der Waals surface area contributed by atoms with Crippen LogP contribution < -0.4 is 26.6 Å². The normalized spacial score (nSPS) is 15.9. The molecule has 148 heavy (non-hydrogen) atoms. The van der Waals surface area contributed by atoms with E-state index in [9.17, 15) is 59.1 Å². The summed E-state index contributed by atoms with van der Waals surface area (Å²) in [5, 5.41) is 60.3. The van der Waals surface area contributed by atoms with Gasteiger partial charge in [0, 0.05) is 311 Å². The quantitative estimate of drug-likeness (QED) is 0.0417. The highest BCUT2D eigenvalue weighted by atomic mass is 19.4. The highest BCUT2D eigenvalue weighted by Gasteiger charge is 2.57. The molecule has 2 unspecified atom stereocenters. The molecule has 7 aliphatic rings. The van der Waals surface area contributed by atoms with Gasteiger partial charge in [0.25, 0.3) is 5.92 Å². The fraction of sp³-hybridized carbons (Fsp3) is 0.375. The molecule has 5 aromatic carbocycles. The first-order valence-corrected chi connectivity index (χ1v) is 48.9. The third-order valence-corrected chi connectivity index (χ3v) is 27.4. The second kappa shape index (κ2) is 42.9. The molecule has 5 N–H and O–H groups in total. The molecule has 1 saturated heterocycles. The minimum absolute atomic E-state index is 0.00102. The van der Waals surface area contributed by atoms with Crippen LogP contribution in [0.2, 0.25) is 0 Å². The number of ether oxygens (including phenoxy) is 1. The fourth-order valence-electron chi connectivity index (χ4n) is 19.2. The van der Waals surface area contributed by atoms with E-state index in [1.807, 2.05) is 191 Å². The first-order chi connectivity index (χ1) is 70.8. The number of halogens is 8. The summed E-state index contributed by atoms with van der Waals surface area (Å²) in [4.78, 5) is 68.0. The number of alkyl halides is 8. The molecule has 0 bridgehead atoms. The molecular weight excluding hydrogens is 1920 g/mol. The number of fused-ring (bicyclic) bond motifs is 5. The van der Waals surface area contributed by atoms with Crippen LogP contribution in [0.5, 0.6) is 0 Å². The van der Waals surface area contributed by atoms with Crippen LogP contribution in [0.3, 0.4) is 0 Å². The smallest absolute Gasteiger partial charge is 0.379 e. The Morgan fingerprint density at radius 1 is 0.358 bits per heavy atom. The third kappa shape index (κ3) is 24.2. The summed E-state index contributed by atoms with van der Waals surface area (Å²) < 4.78 is 127. The van der Waals surface area contributed by atoms with Crippen molar-refractivity contribution < 1.29 is 63.8 Å². The Balaban J connectivity index is 0.000000121. The summed E-state index contributed by atoms with van der Waals surface area (Å²) in [7, 11) is 11.3. The topological polar surface area (TPSA) is 349 Å². The van der Waals surface area contributed by atoms with Crippen LogP contribution in [0.1, 0.15) is 116 Å². The standard InChI is InChI=1S/C22H24F2N6O.C22H26N6O2.C21H23F3N6O.C20H21F3N6O.C19H22N6O/c1-14(31)29-8-7-20-19(13-29)21(27-30(20)12-17-9-22(17,23)24)26-18-5-3-15(4-6-18)16-10-25-28(2)11-16;1-15(29)27-9-7-21-20(13-27)22(25-28(21)19-8-10-30-14-19)24-18-5-3-16(4-6-18)17-11-23-26(2)12-17;1-14(31)29-9-7-19-18(13-29)20(27-30(19)10-8-21(22,23)24)26-17-5-3-15(4-6-17)16-11-25-28(2)12-16;1-13(30)28-8-7-18-17(11-28)19(26-29(18)12-20(21,22)23)25-16-5-3-14(4-6-16)15-9-24-27(2)10-15;1-13(26)25-9-8-18-17(12-25)19(22-24(18)3)21-16-6-4-14(5-7-16)15-10-20-23(2)11-15/h3-6,10-11,17H,7-9,12-13H2,1-2H3,(H,26,27);3-6,11-12,19H,7-10,13-14H2,1-2H3,(H,24,25);3-6,11-12H,7-10,13H2,1-2H3,(H,26,27);3-6,9-10H,7-8,11-12H2,1-2H3,(H,25,26);4-7,10-11H,8-9,12H2,1-3H3,(H,21,22). The molecule has 22 rings (SSSR count). The minimum Gasteiger partial charge on any atom is -0.379 e. The van der Waals surface area contributed by atoms with Crippen molar-refractivity contribution in [1.29, 1.82) is 0 Å². The van der Waals surface area contributed by atoms with Gasteiger partial charge in [0.2, 0.25) is 29.5 Å². The highest BCUT2D eigenvalue weighted by molar-refractivity contribution is 5.80. The third-order valence-electron chi connectivity index (χ3n) is 27.4. The van der Waals surface area contributed by atoms with Crippen molar-refractivity contribution in [2.45, 2.75) is 163 Å². The average molecular weight is 2030 g/mol. The maximum Gasteiger partial charge on any atom is 0.408 e. The first-order valence-electron chi connectivity index (χ1n) is 48.9. The van der Waals surface area contributed by atoms with Crippen LogP contribution in [-0.4, -0.2) is 216 Å². The molecule has 15 aromatic rings. The number of rotatable bonds is 21. The molecule has 774 valence electrons. The van der Waals surface area contributed by atoms with E-state index >= 15 is 0 Å². The molecule has 16 heterocycles. The monoisotopic (exact) mass is 2030 g/mol. The number of nitrogens with one attached hydrogen (secondary N) is 5.